The number of benzene rings is 2. The average molecular weight is 436 g/mol. The lowest BCUT2D eigenvalue weighted by Gasteiger charge is -2.03. The van der Waals surface area contributed by atoms with E-state index in [9.17, 15) is 24.5 Å². The summed E-state index contributed by atoms with van der Waals surface area (Å²) in [6.07, 6.45) is 1.45. The van der Waals surface area contributed by atoms with E-state index in [-0.39, 0.29) is 26.6 Å². The van der Waals surface area contributed by atoms with Gasteiger partial charge in [-0.05, 0) is 23.8 Å². The molecule has 0 radical (unpaired) electrons. The molecule has 0 spiro atoms. The second-order valence-corrected chi connectivity index (χ2v) is 7.33. The van der Waals surface area contributed by atoms with E-state index in [0.29, 0.717) is 11.1 Å². The molecule has 0 N–H and O–H groups in total. The number of nitro benzene ring substituents is 1. The first kappa shape index (κ1) is 20.0. The van der Waals surface area contributed by atoms with Gasteiger partial charge in [0.2, 0.25) is 10.7 Å². The Morgan fingerprint density at radius 2 is 1.94 bits per heavy atom. The number of hydrogen-bond donors (Lipinski definition) is 0. The molecule has 0 fully saturated rings. The van der Waals surface area contributed by atoms with Crippen molar-refractivity contribution in [2.24, 2.45) is 0 Å². The monoisotopic (exact) mass is 436 g/mol. The first-order chi connectivity index (χ1) is 14.8. The van der Waals surface area contributed by atoms with Crippen LogP contribution in [0.1, 0.15) is 12.5 Å². The Labute approximate surface area is 176 Å². The molecule has 0 aliphatic carbocycles. The summed E-state index contributed by atoms with van der Waals surface area (Å²) in [6, 6.07) is 12.5. The molecular formula is C20H12N4O6S. The number of carbonyl (C=O) groups excluding carboxylic acids is 1. The number of nitrogens with zero attached hydrogens (tertiary/aromatic N) is 4. The van der Waals surface area contributed by atoms with E-state index in [0.717, 1.165) is 22.8 Å². The minimum atomic E-state index is -0.716. The van der Waals surface area contributed by atoms with Gasteiger partial charge >= 0.3 is 17.2 Å². The van der Waals surface area contributed by atoms with Gasteiger partial charge in [-0.15, -0.1) is 0 Å². The fourth-order valence-electron chi connectivity index (χ4n) is 2.85. The van der Waals surface area contributed by atoms with E-state index >= 15 is 0 Å². The van der Waals surface area contributed by atoms with Crippen molar-refractivity contribution in [2.75, 3.05) is 0 Å². The smallest absolute Gasteiger partial charge is 0.311 e. The van der Waals surface area contributed by atoms with E-state index in [4.69, 9.17) is 4.74 Å². The molecular weight excluding hydrogens is 424 g/mol. The van der Waals surface area contributed by atoms with Gasteiger partial charge in [0.05, 0.1) is 9.46 Å². The fourth-order valence-corrected chi connectivity index (χ4v) is 3.75. The van der Waals surface area contributed by atoms with Gasteiger partial charge < -0.3 is 4.74 Å². The molecule has 0 unspecified atom stereocenters. The molecule has 154 valence electrons. The normalized spacial score (nSPS) is 11.6. The van der Waals surface area contributed by atoms with Crippen molar-refractivity contribution < 1.29 is 14.5 Å². The van der Waals surface area contributed by atoms with Crippen LogP contribution in [0.3, 0.4) is 0 Å². The standard InChI is InChI=1S/C20H12N4O6S/c1-11(25)30-15-9-12(7-8-14(15)24(28)29)10-16-19(27)23-20(31-16)21-18(26)17(22-23)13-5-3-2-4-6-13/h2-10H,1H3. The highest BCUT2D eigenvalue weighted by Gasteiger charge is 2.17. The highest BCUT2D eigenvalue weighted by molar-refractivity contribution is 7.15. The fraction of sp³-hybridized carbons (Fsp3) is 0.0500. The number of hydrogen-bond acceptors (Lipinski definition) is 9. The van der Waals surface area contributed by atoms with Crippen LogP contribution in [0.25, 0.3) is 22.3 Å². The Bertz CT molecular complexity index is 1510. The predicted octanol–water partition coefficient (Wildman–Crippen LogP) is 1.56. The highest BCUT2D eigenvalue weighted by Crippen LogP contribution is 2.28. The zero-order valence-corrected chi connectivity index (χ0v) is 16.7. The number of aromatic nitrogens is 3. The highest BCUT2D eigenvalue weighted by atomic mass is 32.1. The molecule has 4 rings (SSSR count). The van der Waals surface area contributed by atoms with Crippen molar-refractivity contribution in [1.29, 1.82) is 0 Å². The van der Waals surface area contributed by atoms with Gasteiger partial charge in [-0.1, -0.05) is 41.7 Å². The van der Waals surface area contributed by atoms with Gasteiger partial charge in [0.15, 0.2) is 5.69 Å². The number of ether oxygens (including phenoxy) is 1. The number of fused-ring (bicyclic) bond motifs is 1. The van der Waals surface area contributed by atoms with Crippen LogP contribution in [0.4, 0.5) is 5.69 Å². The summed E-state index contributed by atoms with van der Waals surface area (Å²) in [5.74, 6) is -0.955. The van der Waals surface area contributed by atoms with Crippen LogP contribution in [0.2, 0.25) is 0 Å². The third-order valence-corrected chi connectivity index (χ3v) is 5.12. The molecule has 2 aromatic carbocycles. The molecule has 0 amide bonds. The first-order valence-corrected chi connectivity index (χ1v) is 9.63. The maximum Gasteiger partial charge on any atom is 0.311 e. The van der Waals surface area contributed by atoms with Crippen LogP contribution in [0, 0.1) is 10.1 Å². The van der Waals surface area contributed by atoms with Crippen LogP contribution in [0.15, 0.2) is 58.1 Å². The quantitative estimate of drug-likeness (QED) is 0.204. The summed E-state index contributed by atoms with van der Waals surface area (Å²) >= 11 is 0.947. The summed E-state index contributed by atoms with van der Waals surface area (Å²) in [5.41, 5.74) is -0.480. The van der Waals surface area contributed by atoms with E-state index < -0.39 is 22.0 Å². The summed E-state index contributed by atoms with van der Waals surface area (Å²) in [6.45, 7) is 1.13. The van der Waals surface area contributed by atoms with Crippen molar-refractivity contribution >= 4 is 34.0 Å². The largest absolute Gasteiger partial charge is 0.419 e. The number of carbonyl (C=O) groups is 1. The summed E-state index contributed by atoms with van der Waals surface area (Å²) < 4.78 is 6.15. The van der Waals surface area contributed by atoms with Crippen molar-refractivity contribution in [2.45, 2.75) is 6.92 Å². The molecule has 31 heavy (non-hydrogen) atoms. The first-order valence-electron chi connectivity index (χ1n) is 8.81. The summed E-state index contributed by atoms with van der Waals surface area (Å²) in [4.78, 5) is 50.9. The molecule has 0 saturated carbocycles. The van der Waals surface area contributed by atoms with Crippen LogP contribution >= 0.6 is 11.3 Å². The second-order valence-electron chi connectivity index (χ2n) is 6.32. The Hall–Kier alpha value is -4.25. The Kier molecular flexibility index (Phi) is 5.09. The van der Waals surface area contributed by atoms with Crippen LogP contribution in [-0.2, 0) is 4.79 Å². The molecule has 10 nitrogen and oxygen atoms in total. The number of rotatable bonds is 4. The maximum atomic E-state index is 12.8. The van der Waals surface area contributed by atoms with Crippen LogP contribution < -0.4 is 20.4 Å². The Balaban J connectivity index is 1.86. The van der Waals surface area contributed by atoms with Gasteiger partial charge in [0, 0.05) is 18.6 Å². The minimum absolute atomic E-state index is 0.0482. The zero-order chi connectivity index (χ0) is 22.1. The number of nitro groups is 1. The zero-order valence-electron chi connectivity index (χ0n) is 15.8. The SMILES string of the molecule is CC(=O)Oc1cc(C=c2sc3nc(=O)c(-c4ccccc4)nn3c2=O)ccc1[N+](=O)[O-]. The molecule has 0 aliphatic heterocycles. The molecule has 0 bridgehead atoms. The third-order valence-electron chi connectivity index (χ3n) is 4.16. The van der Waals surface area contributed by atoms with Gasteiger partial charge in [-0.3, -0.25) is 24.5 Å². The summed E-state index contributed by atoms with van der Waals surface area (Å²) in [5, 5.41) is 15.3. The molecule has 0 saturated heterocycles. The third kappa shape index (κ3) is 3.94. The van der Waals surface area contributed by atoms with Crippen molar-refractivity contribution in [3.63, 3.8) is 0 Å². The predicted molar refractivity (Wildman–Crippen MR) is 112 cm³/mol. The minimum Gasteiger partial charge on any atom is -0.419 e. The average Bonchev–Trinajstić information content (AvgIpc) is 3.02. The molecule has 2 aromatic heterocycles. The number of esters is 1. The lowest BCUT2D eigenvalue weighted by Crippen LogP contribution is -2.26. The Morgan fingerprint density at radius 3 is 2.61 bits per heavy atom. The van der Waals surface area contributed by atoms with Gasteiger partial charge in [-0.2, -0.15) is 14.6 Å². The van der Waals surface area contributed by atoms with Crippen molar-refractivity contribution in [1.82, 2.24) is 14.6 Å². The number of thiazole rings is 1. The molecule has 0 aliphatic rings. The molecule has 11 heteroatoms. The molecule has 4 aromatic rings. The lowest BCUT2D eigenvalue weighted by molar-refractivity contribution is -0.385. The molecule has 2 heterocycles. The van der Waals surface area contributed by atoms with E-state index in [1.807, 2.05) is 0 Å². The maximum absolute atomic E-state index is 12.8. The Morgan fingerprint density at radius 1 is 1.19 bits per heavy atom. The van der Waals surface area contributed by atoms with Gasteiger partial charge in [-0.25, -0.2) is 0 Å². The summed E-state index contributed by atoms with van der Waals surface area (Å²) in [7, 11) is 0. The van der Waals surface area contributed by atoms with Crippen LogP contribution in [-0.4, -0.2) is 25.5 Å². The van der Waals surface area contributed by atoms with Crippen LogP contribution in [0.5, 0.6) is 5.75 Å². The van der Waals surface area contributed by atoms with E-state index in [1.165, 1.54) is 24.3 Å². The topological polar surface area (TPSA) is 134 Å². The van der Waals surface area contributed by atoms with E-state index in [2.05, 4.69) is 10.1 Å². The van der Waals surface area contributed by atoms with E-state index in [1.54, 1.807) is 30.3 Å². The second kappa shape index (κ2) is 7.88. The van der Waals surface area contributed by atoms with Crippen molar-refractivity contribution in [3.05, 3.63) is 89.4 Å². The van der Waals surface area contributed by atoms with Gasteiger partial charge in [0.25, 0.3) is 5.56 Å². The van der Waals surface area contributed by atoms with Gasteiger partial charge in [0.1, 0.15) is 0 Å². The molecule has 0 atom stereocenters. The lowest BCUT2D eigenvalue weighted by atomic mass is 10.2. The van der Waals surface area contributed by atoms with Crippen molar-refractivity contribution in [3.8, 4) is 17.0 Å².